The molecule has 3 aromatic rings. The number of piperazine rings is 1. The smallest absolute Gasteiger partial charge is 0.142 e. The highest BCUT2D eigenvalue weighted by Crippen LogP contribution is 2.28. The fourth-order valence-corrected chi connectivity index (χ4v) is 3.89. The summed E-state index contributed by atoms with van der Waals surface area (Å²) in [6.45, 7) is 5.22. The van der Waals surface area contributed by atoms with Gasteiger partial charge in [0.1, 0.15) is 17.2 Å². The van der Waals surface area contributed by atoms with Crippen LogP contribution in [0.3, 0.4) is 0 Å². The molecule has 0 spiro atoms. The van der Waals surface area contributed by atoms with Crippen molar-refractivity contribution in [3.05, 3.63) is 65.4 Å². The second-order valence-electron chi connectivity index (χ2n) is 7.29. The number of anilines is 1. The van der Waals surface area contributed by atoms with Crippen LogP contribution in [0.1, 0.15) is 12.2 Å². The van der Waals surface area contributed by atoms with Gasteiger partial charge in [-0.3, -0.25) is 4.90 Å². The first kappa shape index (κ1) is 19.8. The highest BCUT2D eigenvalue weighted by molar-refractivity contribution is 6.30. The Balaban J connectivity index is 1.24. The van der Waals surface area contributed by atoms with Crippen molar-refractivity contribution in [2.75, 3.05) is 44.7 Å². The molecular formula is C23H26ClN3O2. The van der Waals surface area contributed by atoms with Crippen molar-refractivity contribution in [3.8, 4) is 17.0 Å². The highest BCUT2D eigenvalue weighted by Gasteiger charge is 2.19. The van der Waals surface area contributed by atoms with Gasteiger partial charge in [-0.05, 0) is 37.2 Å². The molecule has 0 saturated carbocycles. The number of aryl methyl sites for hydroxylation is 1. The van der Waals surface area contributed by atoms with Crippen molar-refractivity contribution >= 4 is 17.3 Å². The molecule has 1 saturated heterocycles. The highest BCUT2D eigenvalue weighted by atomic mass is 35.5. The van der Waals surface area contributed by atoms with E-state index in [4.69, 9.17) is 20.9 Å². The van der Waals surface area contributed by atoms with Crippen LogP contribution in [0, 0.1) is 0 Å². The average Bonchev–Trinajstić information content (AvgIpc) is 3.24. The van der Waals surface area contributed by atoms with Gasteiger partial charge in [0, 0.05) is 49.3 Å². The van der Waals surface area contributed by atoms with Crippen molar-refractivity contribution < 1.29 is 9.26 Å². The standard InChI is InChI=1S/C23H26ClN3O2/c1-28-23-7-3-2-6-22(23)27-15-13-26(14-16-27)12-4-5-20-17-21(25-29-20)18-8-10-19(24)11-9-18/h2-3,6-11,17H,4-5,12-16H2,1H3. The lowest BCUT2D eigenvalue weighted by Gasteiger charge is -2.36. The van der Waals surface area contributed by atoms with Crippen molar-refractivity contribution in [2.45, 2.75) is 12.8 Å². The molecule has 0 bridgehead atoms. The summed E-state index contributed by atoms with van der Waals surface area (Å²) in [5.74, 6) is 1.88. The summed E-state index contributed by atoms with van der Waals surface area (Å²) < 4.78 is 11.0. The third-order valence-electron chi connectivity index (χ3n) is 5.39. The molecular weight excluding hydrogens is 386 g/mol. The Labute approximate surface area is 176 Å². The number of para-hydroxylation sites is 2. The van der Waals surface area contributed by atoms with Gasteiger partial charge in [-0.1, -0.05) is 41.0 Å². The Hall–Kier alpha value is -2.50. The summed E-state index contributed by atoms with van der Waals surface area (Å²) in [4.78, 5) is 4.92. The Morgan fingerprint density at radius 2 is 1.79 bits per heavy atom. The normalized spacial score (nSPS) is 14.9. The minimum atomic E-state index is 0.725. The van der Waals surface area contributed by atoms with Crippen molar-refractivity contribution in [1.29, 1.82) is 0 Å². The minimum Gasteiger partial charge on any atom is -0.495 e. The van der Waals surface area contributed by atoms with Gasteiger partial charge in [0.2, 0.25) is 0 Å². The van der Waals surface area contributed by atoms with E-state index in [0.29, 0.717) is 0 Å². The fraction of sp³-hybridized carbons (Fsp3) is 0.348. The third kappa shape index (κ3) is 4.92. The van der Waals surface area contributed by atoms with Crippen LogP contribution in [0.4, 0.5) is 5.69 Å². The molecule has 0 N–H and O–H groups in total. The van der Waals surface area contributed by atoms with E-state index >= 15 is 0 Å². The minimum absolute atomic E-state index is 0.725. The lowest BCUT2D eigenvalue weighted by Crippen LogP contribution is -2.46. The summed E-state index contributed by atoms with van der Waals surface area (Å²) in [5, 5.41) is 4.92. The van der Waals surface area contributed by atoms with Crippen molar-refractivity contribution in [3.63, 3.8) is 0 Å². The van der Waals surface area contributed by atoms with Crippen LogP contribution in [0.15, 0.2) is 59.1 Å². The van der Waals surface area contributed by atoms with Crippen LogP contribution in [-0.4, -0.2) is 49.9 Å². The van der Waals surface area contributed by atoms with E-state index in [2.05, 4.69) is 27.1 Å². The second kappa shape index (κ2) is 9.33. The summed E-state index contributed by atoms with van der Waals surface area (Å²) in [7, 11) is 1.73. The molecule has 1 aliphatic rings. The predicted octanol–water partition coefficient (Wildman–Crippen LogP) is 4.76. The number of ether oxygens (including phenoxy) is 1. The van der Waals surface area contributed by atoms with E-state index in [0.717, 1.165) is 73.4 Å². The molecule has 2 heterocycles. The van der Waals surface area contributed by atoms with Gasteiger partial charge in [0.15, 0.2) is 0 Å². The molecule has 0 unspecified atom stereocenters. The van der Waals surface area contributed by atoms with E-state index in [1.807, 2.05) is 42.5 Å². The molecule has 152 valence electrons. The lowest BCUT2D eigenvalue weighted by atomic mass is 10.1. The van der Waals surface area contributed by atoms with E-state index < -0.39 is 0 Å². The maximum atomic E-state index is 5.95. The van der Waals surface area contributed by atoms with Gasteiger partial charge in [0.05, 0.1) is 12.8 Å². The first-order valence-electron chi connectivity index (χ1n) is 10.0. The van der Waals surface area contributed by atoms with Gasteiger partial charge in [-0.25, -0.2) is 0 Å². The maximum Gasteiger partial charge on any atom is 0.142 e. The molecule has 5 nitrogen and oxygen atoms in total. The Morgan fingerprint density at radius 1 is 1.03 bits per heavy atom. The SMILES string of the molecule is COc1ccccc1N1CCN(CCCc2cc(-c3ccc(Cl)cc3)no2)CC1. The zero-order chi connectivity index (χ0) is 20.1. The fourth-order valence-electron chi connectivity index (χ4n) is 3.77. The molecule has 0 radical (unpaired) electrons. The molecule has 2 aromatic carbocycles. The zero-order valence-corrected chi connectivity index (χ0v) is 17.4. The number of nitrogens with zero attached hydrogens (tertiary/aromatic N) is 3. The molecule has 0 amide bonds. The molecule has 4 rings (SSSR count). The van der Waals surface area contributed by atoms with Crippen molar-refractivity contribution in [2.24, 2.45) is 0 Å². The third-order valence-corrected chi connectivity index (χ3v) is 5.65. The average molecular weight is 412 g/mol. The maximum absolute atomic E-state index is 5.95. The summed E-state index contributed by atoms with van der Waals surface area (Å²) >= 11 is 5.95. The number of benzene rings is 2. The Morgan fingerprint density at radius 3 is 2.55 bits per heavy atom. The van der Waals surface area contributed by atoms with E-state index in [9.17, 15) is 0 Å². The van der Waals surface area contributed by atoms with E-state index in [1.54, 1.807) is 7.11 Å². The van der Waals surface area contributed by atoms with E-state index in [1.165, 1.54) is 5.69 Å². The molecule has 1 fully saturated rings. The van der Waals surface area contributed by atoms with Gasteiger partial charge in [-0.2, -0.15) is 0 Å². The Bertz CT molecular complexity index is 918. The number of rotatable bonds is 7. The number of methoxy groups -OCH3 is 1. The first-order chi connectivity index (χ1) is 14.2. The van der Waals surface area contributed by atoms with Crippen molar-refractivity contribution in [1.82, 2.24) is 10.1 Å². The zero-order valence-electron chi connectivity index (χ0n) is 16.7. The van der Waals surface area contributed by atoms with Crippen LogP contribution >= 0.6 is 11.6 Å². The number of aromatic nitrogens is 1. The van der Waals surface area contributed by atoms with Gasteiger partial charge < -0.3 is 14.2 Å². The molecule has 1 aliphatic heterocycles. The summed E-state index contributed by atoms with van der Waals surface area (Å²) in [6.07, 6.45) is 1.96. The molecule has 0 atom stereocenters. The van der Waals surface area contributed by atoms with Gasteiger partial charge >= 0.3 is 0 Å². The van der Waals surface area contributed by atoms with Crippen LogP contribution < -0.4 is 9.64 Å². The van der Waals surface area contributed by atoms with E-state index in [-0.39, 0.29) is 0 Å². The second-order valence-corrected chi connectivity index (χ2v) is 7.73. The van der Waals surface area contributed by atoms with Crippen LogP contribution in [0.2, 0.25) is 5.02 Å². The van der Waals surface area contributed by atoms with Crippen LogP contribution in [-0.2, 0) is 6.42 Å². The number of halogens is 1. The molecule has 6 heteroatoms. The first-order valence-corrected chi connectivity index (χ1v) is 10.4. The van der Waals surface area contributed by atoms with Crippen LogP contribution in [0.25, 0.3) is 11.3 Å². The Kier molecular flexibility index (Phi) is 6.37. The largest absolute Gasteiger partial charge is 0.495 e. The molecule has 0 aliphatic carbocycles. The monoisotopic (exact) mass is 411 g/mol. The van der Waals surface area contributed by atoms with Gasteiger partial charge in [-0.15, -0.1) is 0 Å². The summed E-state index contributed by atoms with van der Waals surface area (Å²) in [5.41, 5.74) is 3.07. The number of hydrogen-bond donors (Lipinski definition) is 0. The quantitative estimate of drug-likeness (QED) is 0.560. The topological polar surface area (TPSA) is 41.7 Å². The molecule has 1 aromatic heterocycles. The van der Waals surface area contributed by atoms with Crippen LogP contribution in [0.5, 0.6) is 5.75 Å². The number of hydrogen-bond acceptors (Lipinski definition) is 5. The molecule has 29 heavy (non-hydrogen) atoms. The van der Waals surface area contributed by atoms with Gasteiger partial charge in [0.25, 0.3) is 0 Å². The predicted molar refractivity (Wildman–Crippen MR) is 117 cm³/mol. The lowest BCUT2D eigenvalue weighted by molar-refractivity contribution is 0.251. The summed E-state index contributed by atoms with van der Waals surface area (Å²) in [6, 6.07) is 17.9.